The number of esters is 2. The van der Waals surface area contributed by atoms with Crippen molar-refractivity contribution in [2.75, 3.05) is 13.2 Å². The molecule has 0 amide bonds. The summed E-state index contributed by atoms with van der Waals surface area (Å²) in [5.74, 6) is -1.23. The summed E-state index contributed by atoms with van der Waals surface area (Å²) in [6.07, 6.45) is 2.47. The van der Waals surface area contributed by atoms with Gasteiger partial charge in [-0.3, -0.25) is 9.59 Å². The monoisotopic (exact) mass is 210 g/mol. The van der Waals surface area contributed by atoms with E-state index in [1.807, 2.05) is 0 Å². The zero-order chi connectivity index (χ0) is 10.1. The molecule has 0 spiro atoms. The molecule has 4 nitrogen and oxygen atoms in total. The molecule has 0 unspecified atom stereocenters. The van der Waals surface area contributed by atoms with Crippen LogP contribution in [0, 0.1) is 0 Å². The van der Waals surface area contributed by atoms with Crippen LogP contribution in [-0.4, -0.2) is 48.2 Å². The average molecular weight is 211 g/mol. The normalized spacial score (nSPS) is 8.00. The van der Waals surface area contributed by atoms with Gasteiger partial charge in [0.2, 0.25) is 0 Å². The lowest BCUT2D eigenvalue weighted by Crippen LogP contribution is -2.13. The minimum Gasteiger partial charge on any atom is -0.461 e. The van der Waals surface area contributed by atoms with E-state index in [0.29, 0.717) is 0 Å². The molecule has 0 aromatic rings. The van der Waals surface area contributed by atoms with Crippen LogP contribution >= 0.6 is 0 Å². The summed E-state index contributed by atoms with van der Waals surface area (Å²) in [6, 6.07) is 0. The molecule has 0 aromatic carbocycles. The molecule has 76 valence electrons. The maximum atomic E-state index is 10.8. The Balaban J connectivity index is 0. The quantitative estimate of drug-likeness (QED) is 0.266. The highest BCUT2D eigenvalue weighted by Crippen LogP contribution is 1.91. The third-order valence-corrected chi connectivity index (χ3v) is 1.01. The number of ether oxygens (including phenoxy) is 2. The van der Waals surface area contributed by atoms with E-state index in [1.54, 1.807) is 0 Å². The summed E-state index contributed by atoms with van der Waals surface area (Å²) in [5, 5.41) is 0. The highest BCUT2D eigenvalue weighted by atomic mass is 24.3. The van der Waals surface area contributed by atoms with Gasteiger partial charge in [0.05, 0.1) is 0 Å². The third-order valence-electron chi connectivity index (χ3n) is 1.01. The van der Waals surface area contributed by atoms with E-state index < -0.39 is 11.9 Å². The van der Waals surface area contributed by atoms with Gasteiger partial charge in [0.15, 0.2) is 0 Å². The van der Waals surface area contributed by atoms with Gasteiger partial charge in [0.1, 0.15) is 19.6 Å². The molecule has 0 bridgehead atoms. The molecular formula is C9H14MgO4. The summed E-state index contributed by atoms with van der Waals surface area (Å²) < 4.78 is 9.12. The zero-order valence-corrected chi connectivity index (χ0v) is 7.32. The molecule has 0 N–H and O–H groups in total. The van der Waals surface area contributed by atoms with Crippen molar-refractivity contribution in [3.8, 4) is 0 Å². The van der Waals surface area contributed by atoms with E-state index in [9.17, 15) is 9.59 Å². The van der Waals surface area contributed by atoms with Crippen molar-refractivity contribution in [3.63, 3.8) is 0 Å². The zero-order valence-electron chi connectivity index (χ0n) is 7.32. The number of carbonyl (C=O) groups is 2. The van der Waals surface area contributed by atoms with Gasteiger partial charge >= 0.3 is 35.0 Å². The van der Waals surface area contributed by atoms with Crippen molar-refractivity contribution >= 4 is 35.0 Å². The molecule has 0 rings (SSSR count). The lowest BCUT2D eigenvalue weighted by molar-refractivity contribution is -0.153. The number of rotatable bonds is 6. The van der Waals surface area contributed by atoms with Crippen LogP contribution < -0.4 is 0 Å². The van der Waals surface area contributed by atoms with Crippen molar-refractivity contribution in [2.45, 2.75) is 6.42 Å². The number of hydrogen-bond acceptors (Lipinski definition) is 4. The van der Waals surface area contributed by atoms with E-state index in [4.69, 9.17) is 0 Å². The molecule has 0 heterocycles. The van der Waals surface area contributed by atoms with Crippen LogP contribution in [-0.2, 0) is 19.1 Å². The van der Waals surface area contributed by atoms with Gasteiger partial charge in [-0.2, -0.15) is 0 Å². The van der Waals surface area contributed by atoms with Gasteiger partial charge in [-0.25, -0.2) is 0 Å². The Kier molecular flexibility index (Phi) is 11.5. The second-order valence-corrected chi connectivity index (χ2v) is 2.12. The summed E-state index contributed by atoms with van der Waals surface area (Å²) >= 11 is 0. The van der Waals surface area contributed by atoms with Crippen LogP contribution in [0.1, 0.15) is 6.42 Å². The molecule has 0 saturated heterocycles. The second-order valence-electron chi connectivity index (χ2n) is 2.12. The van der Waals surface area contributed by atoms with Gasteiger partial charge in [-0.1, -0.05) is 25.3 Å². The Labute approximate surface area is 99.1 Å². The van der Waals surface area contributed by atoms with E-state index in [-0.39, 0.29) is 42.7 Å². The average Bonchev–Trinajstić information content (AvgIpc) is 2.11. The van der Waals surface area contributed by atoms with Crippen molar-refractivity contribution < 1.29 is 19.1 Å². The predicted octanol–water partition coefficient (Wildman–Crippen LogP) is -0.0813. The highest BCUT2D eigenvalue weighted by molar-refractivity contribution is 5.91. The fourth-order valence-electron chi connectivity index (χ4n) is 0.524. The van der Waals surface area contributed by atoms with Gasteiger partial charge in [0.25, 0.3) is 0 Å². The van der Waals surface area contributed by atoms with Crippen molar-refractivity contribution in [1.29, 1.82) is 0 Å². The molecule has 0 aliphatic rings. The predicted molar refractivity (Wildman–Crippen MR) is 55.5 cm³/mol. The van der Waals surface area contributed by atoms with E-state index in [1.165, 1.54) is 12.2 Å². The summed E-state index contributed by atoms with van der Waals surface area (Å²) in [7, 11) is 0. The van der Waals surface area contributed by atoms with Gasteiger partial charge < -0.3 is 9.47 Å². The molecule has 5 heteroatoms. The Morgan fingerprint density at radius 3 is 1.64 bits per heavy atom. The Bertz CT molecular complexity index is 191. The van der Waals surface area contributed by atoms with Crippen LogP contribution in [0.4, 0.5) is 0 Å². The lowest BCUT2D eigenvalue weighted by atomic mass is 10.4. The minimum absolute atomic E-state index is 0. The van der Waals surface area contributed by atoms with Crippen molar-refractivity contribution in [3.05, 3.63) is 25.3 Å². The molecule has 0 radical (unpaired) electrons. The minimum atomic E-state index is -0.617. The molecule has 0 atom stereocenters. The largest absolute Gasteiger partial charge is 0.461 e. The molecule has 0 fully saturated rings. The molecule has 0 saturated carbocycles. The first kappa shape index (κ1) is 15.6. The Morgan fingerprint density at radius 2 is 1.36 bits per heavy atom. The van der Waals surface area contributed by atoms with Crippen molar-refractivity contribution in [2.24, 2.45) is 0 Å². The Morgan fingerprint density at radius 1 is 1.00 bits per heavy atom. The summed E-state index contributed by atoms with van der Waals surface area (Å²) in [6.45, 7) is 6.92. The van der Waals surface area contributed by atoms with Crippen LogP contribution in [0.3, 0.4) is 0 Å². The number of carbonyl (C=O) groups excluding carboxylic acids is 2. The molecule has 0 aromatic heterocycles. The van der Waals surface area contributed by atoms with Crippen LogP contribution in [0.2, 0.25) is 0 Å². The van der Waals surface area contributed by atoms with Gasteiger partial charge in [-0.15, -0.1) is 0 Å². The second kappa shape index (κ2) is 10.3. The van der Waals surface area contributed by atoms with Crippen LogP contribution in [0.15, 0.2) is 25.3 Å². The molecular weight excluding hydrogens is 196 g/mol. The fraction of sp³-hybridized carbons (Fsp3) is 0.333. The molecule has 14 heavy (non-hydrogen) atoms. The summed E-state index contributed by atoms with van der Waals surface area (Å²) in [4.78, 5) is 21.6. The Hall–Kier alpha value is -0.814. The smallest absolute Gasteiger partial charge is 0.317 e. The van der Waals surface area contributed by atoms with E-state index >= 15 is 0 Å². The SMILES string of the molecule is C=CCOC(=O)CC(=O)OCC=C.[MgH2]. The van der Waals surface area contributed by atoms with Crippen LogP contribution in [0.25, 0.3) is 0 Å². The molecule has 0 aliphatic heterocycles. The standard InChI is InChI=1S/C9H12O4.Mg.2H/c1-3-5-12-8(10)7-9(11)13-6-4-2;;;/h3-4H,1-2,5-7H2;;;. The van der Waals surface area contributed by atoms with Gasteiger partial charge in [-0.05, 0) is 0 Å². The van der Waals surface area contributed by atoms with Crippen LogP contribution in [0.5, 0.6) is 0 Å². The fourth-order valence-corrected chi connectivity index (χ4v) is 0.524. The maximum absolute atomic E-state index is 10.8. The first-order valence-electron chi connectivity index (χ1n) is 3.73. The van der Waals surface area contributed by atoms with E-state index in [2.05, 4.69) is 22.6 Å². The van der Waals surface area contributed by atoms with Crippen molar-refractivity contribution in [1.82, 2.24) is 0 Å². The summed E-state index contributed by atoms with van der Waals surface area (Å²) in [5.41, 5.74) is 0. The number of hydrogen-bond donors (Lipinski definition) is 0. The maximum Gasteiger partial charge on any atom is 0.317 e. The highest BCUT2D eigenvalue weighted by Gasteiger charge is 2.10. The first-order chi connectivity index (χ1) is 6.20. The third kappa shape index (κ3) is 9.28. The van der Waals surface area contributed by atoms with E-state index in [0.717, 1.165) is 0 Å². The lowest BCUT2D eigenvalue weighted by Gasteiger charge is -2.01. The molecule has 0 aliphatic carbocycles. The van der Waals surface area contributed by atoms with Gasteiger partial charge in [0, 0.05) is 0 Å². The topological polar surface area (TPSA) is 52.6 Å². The first-order valence-corrected chi connectivity index (χ1v) is 3.73.